The highest BCUT2D eigenvalue weighted by Gasteiger charge is 2.43. The van der Waals surface area contributed by atoms with Gasteiger partial charge in [0.1, 0.15) is 6.10 Å². The molecule has 0 unspecified atom stereocenters. The van der Waals surface area contributed by atoms with Crippen molar-refractivity contribution in [2.24, 2.45) is 0 Å². The van der Waals surface area contributed by atoms with E-state index in [1.807, 2.05) is 0 Å². The Morgan fingerprint density at radius 2 is 2.12 bits per heavy atom. The average Bonchev–Trinajstić information content (AvgIpc) is 3.20. The molecular formula is C15H17F3N6O2. The Hall–Kier alpha value is -2.56. The van der Waals surface area contributed by atoms with Gasteiger partial charge in [0.2, 0.25) is 11.8 Å². The Kier molecular flexibility index (Phi) is 4.53. The highest BCUT2D eigenvalue weighted by Crippen LogP contribution is 2.31. The number of nitrogens with one attached hydrogen (secondary N) is 3. The van der Waals surface area contributed by atoms with Crippen LogP contribution in [0.1, 0.15) is 19.3 Å². The number of hydrogen-bond donors (Lipinski definition) is 3. The van der Waals surface area contributed by atoms with Crippen LogP contribution in [0, 0.1) is 0 Å². The summed E-state index contributed by atoms with van der Waals surface area (Å²) in [6.07, 6.45) is 3.46. The third-order valence-corrected chi connectivity index (χ3v) is 4.44. The standard InChI is InChI=1S/C15H17F3N6O2/c16-14-8-2-1-7(20-8)3-9(14)25-13-6-19-5-11(22-13)21-10-4-12(24-23-10)26-15(17)18/h4-9,14-15,20H,1-3H2,(H2,21,22,23,24)/t7-,8+,9+,14-/m1/s1. The van der Waals surface area contributed by atoms with E-state index in [4.69, 9.17) is 4.74 Å². The fourth-order valence-electron chi connectivity index (χ4n) is 3.35. The summed E-state index contributed by atoms with van der Waals surface area (Å²) in [4.78, 5) is 8.21. The smallest absolute Gasteiger partial charge is 0.388 e. The Morgan fingerprint density at radius 3 is 2.96 bits per heavy atom. The maximum Gasteiger partial charge on any atom is 0.388 e. The number of fused-ring (bicyclic) bond motifs is 2. The second kappa shape index (κ2) is 6.98. The number of piperidine rings is 1. The molecule has 0 spiro atoms. The van der Waals surface area contributed by atoms with Crippen molar-refractivity contribution in [2.75, 3.05) is 5.32 Å². The molecule has 2 fully saturated rings. The first-order valence-electron chi connectivity index (χ1n) is 8.23. The summed E-state index contributed by atoms with van der Waals surface area (Å²) in [5, 5.41) is 12.1. The minimum atomic E-state index is -2.95. The molecule has 2 saturated heterocycles. The van der Waals surface area contributed by atoms with Crippen molar-refractivity contribution in [3.05, 3.63) is 18.5 Å². The van der Waals surface area contributed by atoms with Crippen LogP contribution < -0.4 is 20.1 Å². The van der Waals surface area contributed by atoms with E-state index in [1.165, 1.54) is 18.5 Å². The first kappa shape index (κ1) is 16.9. The van der Waals surface area contributed by atoms with Gasteiger partial charge in [0.05, 0.1) is 12.4 Å². The molecule has 26 heavy (non-hydrogen) atoms. The number of halogens is 3. The molecular weight excluding hydrogens is 353 g/mol. The number of nitrogens with zero attached hydrogens (tertiary/aromatic N) is 3. The van der Waals surface area contributed by atoms with Gasteiger partial charge in [-0.2, -0.15) is 18.9 Å². The minimum Gasteiger partial charge on any atom is -0.470 e. The molecule has 2 aliphatic heterocycles. The fourth-order valence-corrected chi connectivity index (χ4v) is 3.35. The fraction of sp³-hybridized carbons (Fsp3) is 0.533. The largest absolute Gasteiger partial charge is 0.470 e. The number of hydrogen-bond acceptors (Lipinski definition) is 7. The Bertz CT molecular complexity index is 760. The van der Waals surface area contributed by atoms with Crippen LogP contribution in [-0.2, 0) is 0 Å². The molecule has 0 amide bonds. The van der Waals surface area contributed by atoms with Gasteiger partial charge in [-0.1, -0.05) is 0 Å². The zero-order valence-corrected chi connectivity index (χ0v) is 13.5. The van der Waals surface area contributed by atoms with Crippen LogP contribution in [-0.4, -0.2) is 51.1 Å². The van der Waals surface area contributed by atoms with E-state index in [2.05, 4.69) is 35.5 Å². The van der Waals surface area contributed by atoms with Crippen LogP contribution >= 0.6 is 0 Å². The first-order chi connectivity index (χ1) is 12.6. The van der Waals surface area contributed by atoms with Crippen LogP contribution in [0.2, 0.25) is 0 Å². The second-order valence-electron chi connectivity index (χ2n) is 6.25. The SMILES string of the molecule is FC(F)Oc1cc(Nc2cncc(O[C@H]3C[C@H]4CC[C@H](N4)[C@H]3F)n2)n[nH]1. The number of anilines is 2. The van der Waals surface area contributed by atoms with E-state index in [0.29, 0.717) is 6.42 Å². The molecule has 2 aromatic rings. The summed E-state index contributed by atoms with van der Waals surface area (Å²) >= 11 is 0. The topological polar surface area (TPSA) is 97.0 Å². The van der Waals surface area contributed by atoms with Gasteiger partial charge in [-0.3, -0.25) is 4.98 Å². The molecule has 140 valence electrons. The van der Waals surface area contributed by atoms with Crippen LogP contribution in [0.5, 0.6) is 11.8 Å². The summed E-state index contributed by atoms with van der Waals surface area (Å²) in [5.74, 6) is 0.497. The van der Waals surface area contributed by atoms with Crippen molar-refractivity contribution in [1.29, 1.82) is 0 Å². The van der Waals surface area contributed by atoms with E-state index in [9.17, 15) is 13.2 Å². The van der Waals surface area contributed by atoms with Gasteiger partial charge < -0.3 is 20.1 Å². The molecule has 3 N–H and O–H groups in total. The molecule has 2 bridgehead atoms. The van der Waals surface area contributed by atoms with Crippen LogP contribution in [0.15, 0.2) is 18.5 Å². The van der Waals surface area contributed by atoms with E-state index in [-0.39, 0.29) is 35.5 Å². The van der Waals surface area contributed by atoms with Gasteiger partial charge in [-0.15, -0.1) is 0 Å². The molecule has 0 radical (unpaired) electrons. The van der Waals surface area contributed by atoms with Crippen molar-refractivity contribution in [1.82, 2.24) is 25.5 Å². The average molecular weight is 370 g/mol. The summed E-state index contributed by atoms with van der Waals surface area (Å²) in [5.41, 5.74) is 0. The zero-order chi connectivity index (χ0) is 18.1. The van der Waals surface area contributed by atoms with Crippen molar-refractivity contribution in [3.63, 3.8) is 0 Å². The molecule has 11 heteroatoms. The van der Waals surface area contributed by atoms with Crippen molar-refractivity contribution < 1.29 is 22.6 Å². The molecule has 2 aliphatic rings. The lowest BCUT2D eigenvalue weighted by Crippen LogP contribution is -2.51. The lowest BCUT2D eigenvalue weighted by molar-refractivity contribution is -0.0528. The molecule has 0 aromatic carbocycles. The molecule has 4 heterocycles. The Labute approximate surface area is 146 Å². The predicted octanol–water partition coefficient (Wildman–Crippen LogP) is 2.15. The summed E-state index contributed by atoms with van der Waals surface area (Å²) in [6.45, 7) is -2.95. The van der Waals surface area contributed by atoms with Gasteiger partial charge >= 0.3 is 6.61 Å². The Balaban J connectivity index is 1.41. The summed E-state index contributed by atoms with van der Waals surface area (Å²) in [7, 11) is 0. The Morgan fingerprint density at radius 1 is 1.23 bits per heavy atom. The lowest BCUT2D eigenvalue weighted by Gasteiger charge is -2.32. The van der Waals surface area contributed by atoms with Gasteiger partial charge in [-0.25, -0.2) is 9.49 Å². The van der Waals surface area contributed by atoms with Crippen LogP contribution in [0.4, 0.5) is 24.8 Å². The van der Waals surface area contributed by atoms with E-state index < -0.39 is 18.9 Å². The van der Waals surface area contributed by atoms with Gasteiger partial charge in [0, 0.05) is 24.6 Å². The summed E-state index contributed by atoms with van der Waals surface area (Å²) in [6, 6.07) is 1.35. The van der Waals surface area contributed by atoms with Crippen molar-refractivity contribution >= 4 is 11.6 Å². The molecule has 8 nitrogen and oxygen atoms in total. The number of rotatable bonds is 6. The van der Waals surface area contributed by atoms with Crippen LogP contribution in [0.3, 0.4) is 0 Å². The second-order valence-corrected chi connectivity index (χ2v) is 6.25. The molecule has 0 aliphatic carbocycles. The van der Waals surface area contributed by atoms with Crippen LogP contribution in [0.25, 0.3) is 0 Å². The molecule has 2 aromatic heterocycles. The third kappa shape index (κ3) is 3.66. The number of alkyl halides is 3. The number of aromatic nitrogens is 4. The van der Waals surface area contributed by atoms with E-state index in [1.54, 1.807) is 0 Å². The van der Waals surface area contributed by atoms with Gasteiger partial charge in [-0.05, 0) is 12.8 Å². The molecule has 4 atom stereocenters. The van der Waals surface area contributed by atoms with E-state index >= 15 is 0 Å². The third-order valence-electron chi connectivity index (χ3n) is 4.44. The minimum absolute atomic E-state index is 0.176. The maximum atomic E-state index is 14.4. The van der Waals surface area contributed by atoms with Crippen molar-refractivity contribution in [2.45, 2.75) is 50.2 Å². The van der Waals surface area contributed by atoms with Gasteiger partial charge in [0.15, 0.2) is 17.8 Å². The number of ether oxygens (including phenoxy) is 2. The first-order valence-corrected chi connectivity index (χ1v) is 8.23. The predicted molar refractivity (Wildman–Crippen MR) is 84.4 cm³/mol. The molecule has 4 rings (SSSR count). The number of aromatic amines is 1. The monoisotopic (exact) mass is 370 g/mol. The highest BCUT2D eigenvalue weighted by molar-refractivity contribution is 5.52. The lowest BCUT2D eigenvalue weighted by atomic mass is 10.0. The van der Waals surface area contributed by atoms with Crippen molar-refractivity contribution in [3.8, 4) is 11.8 Å². The maximum absolute atomic E-state index is 14.4. The van der Waals surface area contributed by atoms with Gasteiger partial charge in [0.25, 0.3) is 0 Å². The van der Waals surface area contributed by atoms with E-state index in [0.717, 1.165) is 12.8 Å². The normalized spacial score (nSPS) is 27.5. The zero-order valence-electron chi connectivity index (χ0n) is 13.5. The number of H-pyrrole nitrogens is 1. The highest BCUT2D eigenvalue weighted by atomic mass is 19.3. The summed E-state index contributed by atoms with van der Waals surface area (Å²) < 4.78 is 48.7. The quantitative estimate of drug-likeness (QED) is 0.717. The molecule has 0 saturated carbocycles.